The van der Waals surface area contributed by atoms with Gasteiger partial charge in [0.15, 0.2) is 5.13 Å². The number of carbonyl (C=O) groups is 1. The van der Waals surface area contributed by atoms with Crippen molar-refractivity contribution in [1.82, 2.24) is 14.8 Å². The molecule has 3 rings (SSSR count). The lowest BCUT2D eigenvalue weighted by molar-refractivity contribution is 0.101. The monoisotopic (exact) mass is 314 g/mol. The number of nitrogens with zero attached hydrogens (tertiary/aromatic N) is 3. The van der Waals surface area contributed by atoms with Crippen molar-refractivity contribution in [2.24, 2.45) is 0 Å². The third-order valence-corrected chi connectivity index (χ3v) is 4.28. The number of benzene rings is 1. The predicted octanol–water partition coefficient (Wildman–Crippen LogP) is 3.94. The van der Waals surface area contributed by atoms with Crippen LogP contribution in [-0.2, 0) is 0 Å². The van der Waals surface area contributed by atoms with E-state index in [-0.39, 0.29) is 11.9 Å². The highest BCUT2D eigenvalue weighted by Crippen LogP contribution is 2.27. The van der Waals surface area contributed by atoms with Crippen molar-refractivity contribution in [3.63, 3.8) is 0 Å². The van der Waals surface area contributed by atoms with Gasteiger partial charge in [-0.1, -0.05) is 17.4 Å². The second-order valence-corrected chi connectivity index (χ2v) is 6.68. The normalized spacial score (nSPS) is 11.3. The van der Waals surface area contributed by atoms with Crippen LogP contribution in [0.2, 0.25) is 0 Å². The Kier molecular flexibility index (Phi) is 3.70. The minimum atomic E-state index is -0.176. The van der Waals surface area contributed by atoms with E-state index in [1.54, 1.807) is 10.7 Å². The first-order valence-corrected chi connectivity index (χ1v) is 8.00. The van der Waals surface area contributed by atoms with E-state index >= 15 is 0 Å². The number of aryl methyl sites for hydroxylation is 2. The van der Waals surface area contributed by atoms with Crippen LogP contribution in [0.5, 0.6) is 0 Å². The predicted molar refractivity (Wildman–Crippen MR) is 89.7 cm³/mol. The topological polar surface area (TPSA) is 59.8 Å². The smallest absolute Gasteiger partial charge is 0.275 e. The van der Waals surface area contributed by atoms with Crippen LogP contribution in [0.15, 0.2) is 24.3 Å². The maximum absolute atomic E-state index is 12.5. The van der Waals surface area contributed by atoms with Crippen LogP contribution in [-0.4, -0.2) is 20.7 Å². The van der Waals surface area contributed by atoms with Crippen molar-refractivity contribution in [2.45, 2.75) is 33.7 Å². The lowest BCUT2D eigenvalue weighted by Gasteiger charge is -2.09. The SMILES string of the molecule is Cc1ccc2nc(NC(=O)c3cc(C)nn3C(C)C)sc2c1. The Hall–Kier alpha value is -2.21. The minimum absolute atomic E-state index is 0.132. The van der Waals surface area contributed by atoms with Crippen LogP contribution in [0.25, 0.3) is 10.2 Å². The van der Waals surface area contributed by atoms with Gasteiger partial charge < -0.3 is 0 Å². The zero-order valence-electron chi connectivity index (χ0n) is 13.0. The number of fused-ring (bicyclic) bond motifs is 1. The summed E-state index contributed by atoms with van der Waals surface area (Å²) in [5, 5.41) is 7.86. The van der Waals surface area contributed by atoms with Gasteiger partial charge in [-0.05, 0) is 51.5 Å². The number of hydrogen-bond acceptors (Lipinski definition) is 4. The van der Waals surface area contributed by atoms with Gasteiger partial charge in [-0.2, -0.15) is 5.10 Å². The molecule has 0 aliphatic heterocycles. The lowest BCUT2D eigenvalue weighted by atomic mass is 10.2. The van der Waals surface area contributed by atoms with E-state index in [0.717, 1.165) is 15.9 Å². The van der Waals surface area contributed by atoms with Gasteiger partial charge in [0.05, 0.1) is 15.9 Å². The molecule has 0 saturated heterocycles. The maximum Gasteiger partial charge on any atom is 0.275 e. The van der Waals surface area contributed by atoms with Crippen molar-refractivity contribution < 1.29 is 4.79 Å². The number of rotatable bonds is 3. The Bertz CT molecular complexity index is 847. The number of amides is 1. The van der Waals surface area contributed by atoms with Crippen LogP contribution < -0.4 is 5.32 Å². The fourth-order valence-electron chi connectivity index (χ4n) is 2.33. The summed E-state index contributed by atoms with van der Waals surface area (Å²) >= 11 is 1.48. The number of aromatic nitrogens is 3. The molecule has 1 amide bonds. The summed E-state index contributed by atoms with van der Waals surface area (Å²) in [6, 6.07) is 8.00. The maximum atomic E-state index is 12.5. The third-order valence-electron chi connectivity index (χ3n) is 3.34. The molecule has 0 bridgehead atoms. The molecule has 0 radical (unpaired) electrons. The van der Waals surface area contributed by atoms with Crippen molar-refractivity contribution in [1.29, 1.82) is 0 Å². The van der Waals surface area contributed by atoms with E-state index < -0.39 is 0 Å². The molecule has 0 aliphatic rings. The van der Waals surface area contributed by atoms with Crippen molar-refractivity contribution >= 4 is 32.6 Å². The Balaban J connectivity index is 1.89. The van der Waals surface area contributed by atoms with Gasteiger partial charge in [-0.25, -0.2) is 4.98 Å². The first-order chi connectivity index (χ1) is 10.4. The van der Waals surface area contributed by atoms with E-state index in [1.807, 2.05) is 39.8 Å². The highest BCUT2D eigenvalue weighted by atomic mass is 32.1. The van der Waals surface area contributed by atoms with Crippen molar-refractivity contribution in [3.05, 3.63) is 41.2 Å². The molecular weight excluding hydrogens is 296 g/mol. The summed E-state index contributed by atoms with van der Waals surface area (Å²) in [5.41, 5.74) is 3.48. The molecule has 2 heterocycles. The molecule has 0 spiro atoms. The largest absolute Gasteiger partial charge is 0.296 e. The Labute approximate surface area is 133 Å². The Morgan fingerprint density at radius 3 is 2.77 bits per heavy atom. The first-order valence-electron chi connectivity index (χ1n) is 7.19. The average molecular weight is 314 g/mol. The Morgan fingerprint density at radius 2 is 2.05 bits per heavy atom. The standard InChI is InChI=1S/C16H18N4OS/c1-9(2)20-13(8-11(4)19-20)15(21)18-16-17-12-6-5-10(3)7-14(12)22-16/h5-9H,1-4H3,(H,17,18,21). The molecule has 1 aromatic carbocycles. The molecule has 3 aromatic rings. The molecule has 2 aromatic heterocycles. The van der Waals surface area contributed by atoms with Crippen molar-refractivity contribution in [3.8, 4) is 0 Å². The highest BCUT2D eigenvalue weighted by Gasteiger charge is 2.17. The van der Waals surface area contributed by atoms with Crippen molar-refractivity contribution in [2.75, 3.05) is 5.32 Å². The highest BCUT2D eigenvalue weighted by molar-refractivity contribution is 7.22. The molecule has 0 unspecified atom stereocenters. The van der Waals surface area contributed by atoms with Crippen LogP contribution in [0.3, 0.4) is 0 Å². The van der Waals surface area contributed by atoms with Crippen LogP contribution in [0.4, 0.5) is 5.13 Å². The second-order valence-electron chi connectivity index (χ2n) is 5.65. The molecule has 0 fully saturated rings. The zero-order chi connectivity index (χ0) is 15.9. The second kappa shape index (κ2) is 5.53. The van der Waals surface area contributed by atoms with Crippen LogP contribution in [0.1, 0.15) is 41.6 Å². The van der Waals surface area contributed by atoms with Gasteiger partial charge in [0, 0.05) is 6.04 Å². The molecule has 0 saturated carbocycles. The van der Waals surface area contributed by atoms with E-state index in [0.29, 0.717) is 10.8 Å². The van der Waals surface area contributed by atoms with Gasteiger partial charge in [0.2, 0.25) is 0 Å². The van der Waals surface area contributed by atoms with Gasteiger partial charge >= 0.3 is 0 Å². The van der Waals surface area contributed by atoms with Gasteiger partial charge in [0.25, 0.3) is 5.91 Å². The zero-order valence-corrected chi connectivity index (χ0v) is 13.9. The summed E-state index contributed by atoms with van der Waals surface area (Å²) in [6.45, 7) is 7.94. The van der Waals surface area contributed by atoms with Gasteiger partial charge in [0.1, 0.15) is 5.69 Å². The summed E-state index contributed by atoms with van der Waals surface area (Å²) in [7, 11) is 0. The van der Waals surface area contributed by atoms with E-state index in [9.17, 15) is 4.79 Å². The van der Waals surface area contributed by atoms with Gasteiger partial charge in [-0.15, -0.1) is 0 Å². The molecular formula is C16H18N4OS. The Morgan fingerprint density at radius 1 is 1.27 bits per heavy atom. The van der Waals surface area contributed by atoms with Gasteiger partial charge in [-0.3, -0.25) is 14.8 Å². The van der Waals surface area contributed by atoms with E-state index in [1.165, 1.54) is 16.9 Å². The summed E-state index contributed by atoms with van der Waals surface area (Å²) in [5.74, 6) is -0.176. The molecule has 1 N–H and O–H groups in total. The number of thiazole rings is 1. The summed E-state index contributed by atoms with van der Waals surface area (Å²) < 4.78 is 2.81. The molecule has 0 atom stereocenters. The lowest BCUT2D eigenvalue weighted by Crippen LogP contribution is -2.18. The van der Waals surface area contributed by atoms with Crippen LogP contribution >= 0.6 is 11.3 Å². The molecule has 22 heavy (non-hydrogen) atoms. The summed E-state index contributed by atoms with van der Waals surface area (Å²) in [4.78, 5) is 16.9. The third kappa shape index (κ3) is 2.74. The molecule has 5 nitrogen and oxygen atoms in total. The molecule has 6 heteroatoms. The number of hydrogen-bond donors (Lipinski definition) is 1. The van der Waals surface area contributed by atoms with E-state index in [2.05, 4.69) is 21.5 Å². The summed E-state index contributed by atoms with van der Waals surface area (Å²) in [6.07, 6.45) is 0. The molecule has 114 valence electrons. The minimum Gasteiger partial charge on any atom is -0.296 e. The molecule has 0 aliphatic carbocycles. The van der Waals surface area contributed by atoms with Crippen LogP contribution in [0, 0.1) is 13.8 Å². The first kappa shape index (κ1) is 14.7. The fourth-order valence-corrected chi connectivity index (χ4v) is 3.29. The average Bonchev–Trinajstić information content (AvgIpc) is 3.01. The van der Waals surface area contributed by atoms with E-state index in [4.69, 9.17) is 0 Å². The fraction of sp³-hybridized carbons (Fsp3) is 0.312. The number of anilines is 1. The number of nitrogens with one attached hydrogen (secondary N) is 1. The number of carbonyl (C=O) groups excluding carboxylic acids is 1. The quantitative estimate of drug-likeness (QED) is 0.796.